The Bertz CT molecular complexity index is 475. The van der Waals surface area contributed by atoms with E-state index in [-0.39, 0.29) is 18.1 Å². The Morgan fingerprint density at radius 1 is 1.33 bits per heavy atom. The lowest BCUT2D eigenvalue weighted by molar-refractivity contribution is -0.124. The minimum atomic E-state index is -0.201. The molecule has 0 spiro atoms. The van der Waals surface area contributed by atoms with Crippen molar-refractivity contribution in [2.24, 2.45) is 0 Å². The van der Waals surface area contributed by atoms with E-state index in [1.165, 1.54) is 5.56 Å². The molecule has 0 saturated heterocycles. The smallest absolute Gasteiger partial charge is 0.258 e. The third-order valence-electron chi connectivity index (χ3n) is 3.30. The van der Waals surface area contributed by atoms with Gasteiger partial charge >= 0.3 is 0 Å². The van der Waals surface area contributed by atoms with Crippen molar-refractivity contribution >= 4 is 21.8 Å². The van der Waals surface area contributed by atoms with Gasteiger partial charge in [-0.15, -0.1) is 0 Å². The lowest BCUT2D eigenvalue weighted by atomic mass is 10.0. The molecule has 5 heteroatoms. The van der Waals surface area contributed by atoms with Crippen LogP contribution in [0.2, 0.25) is 0 Å². The Labute approximate surface area is 135 Å². The van der Waals surface area contributed by atoms with Gasteiger partial charge in [-0.2, -0.15) is 0 Å². The highest BCUT2D eigenvalue weighted by Crippen LogP contribution is 2.26. The van der Waals surface area contributed by atoms with Crippen LogP contribution in [0.4, 0.5) is 0 Å². The lowest BCUT2D eigenvalue weighted by Gasteiger charge is -2.24. The van der Waals surface area contributed by atoms with Crippen LogP contribution in [0.3, 0.4) is 0 Å². The molecule has 0 aromatic heterocycles. The highest BCUT2D eigenvalue weighted by Gasteiger charge is 2.18. The average molecular weight is 357 g/mol. The number of nitrogens with one attached hydrogen (secondary N) is 2. The Hall–Kier alpha value is -1.07. The highest BCUT2D eigenvalue weighted by molar-refractivity contribution is 9.10. The Morgan fingerprint density at radius 2 is 2.05 bits per heavy atom. The minimum absolute atomic E-state index is 0.0224. The molecular weight excluding hydrogens is 332 g/mol. The molecular formula is C16H25BrN2O2. The molecule has 0 heterocycles. The third kappa shape index (κ3) is 6.48. The fourth-order valence-electron chi connectivity index (χ4n) is 1.69. The topological polar surface area (TPSA) is 50.4 Å². The first-order chi connectivity index (χ1) is 9.88. The van der Waals surface area contributed by atoms with Crippen molar-refractivity contribution in [1.29, 1.82) is 0 Å². The van der Waals surface area contributed by atoms with Crippen LogP contribution in [0.1, 0.15) is 39.7 Å². The zero-order valence-electron chi connectivity index (χ0n) is 13.3. The molecule has 1 aromatic carbocycles. The maximum Gasteiger partial charge on any atom is 0.258 e. The van der Waals surface area contributed by atoms with Crippen molar-refractivity contribution in [3.05, 3.63) is 28.2 Å². The van der Waals surface area contributed by atoms with Gasteiger partial charge in [0.25, 0.3) is 5.91 Å². The summed E-state index contributed by atoms with van der Waals surface area (Å²) in [5.41, 5.74) is 0.973. The number of carbonyl (C=O) groups is 1. The standard InChI is InChI=1S/C16H25BrN2O2/c1-5-16(3,4)19-15(20)11-21-14-8-7-12(9-13(14)17)10-18-6-2/h7-9,18H,5-6,10-11H2,1-4H3,(H,19,20). The summed E-state index contributed by atoms with van der Waals surface area (Å²) in [6, 6.07) is 5.89. The van der Waals surface area contributed by atoms with Crippen LogP contribution in [-0.2, 0) is 11.3 Å². The zero-order chi connectivity index (χ0) is 15.9. The summed E-state index contributed by atoms with van der Waals surface area (Å²) in [6.07, 6.45) is 0.877. The molecule has 0 aliphatic rings. The Kier molecular flexibility index (Phi) is 7.18. The number of halogens is 1. The van der Waals surface area contributed by atoms with E-state index in [9.17, 15) is 4.79 Å². The van der Waals surface area contributed by atoms with E-state index < -0.39 is 0 Å². The highest BCUT2D eigenvalue weighted by atomic mass is 79.9. The van der Waals surface area contributed by atoms with E-state index >= 15 is 0 Å². The fourth-order valence-corrected chi connectivity index (χ4v) is 2.23. The number of hydrogen-bond acceptors (Lipinski definition) is 3. The molecule has 0 unspecified atom stereocenters. The van der Waals surface area contributed by atoms with Gasteiger partial charge in [-0.25, -0.2) is 0 Å². The first-order valence-corrected chi connectivity index (χ1v) is 8.10. The maximum absolute atomic E-state index is 11.8. The van der Waals surface area contributed by atoms with E-state index in [1.807, 2.05) is 39.0 Å². The van der Waals surface area contributed by atoms with Gasteiger partial charge in [-0.3, -0.25) is 4.79 Å². The SMILES string of the molecule is CCNCc1ccc(OCC(=O)NC(C)(C)CC)c(Br)c1. The van der Waals surface area contributed by atoms with Crippen LogP contribution in [-0.4, -0.2) is 24.6 Å². The molecule has 1 rings (SSSR count). The van der Waals surface area contributed by atoms with E-state index in [1.54, 1.807) is 0 Å². The summed E-state index contributed by atoms with van der Waals surface area (Å²) < 4.78 is 6.43. The summed E-state index contributed by atoms with van der Waals surface area (Å²) in [4.78, 5) is 11.8. The molecule has 0 saturated carbocycles. The Balaban J connectivity index is 2.54. The predicted octanol–water partition coefficient (Wildman–Crippen LogP) is 3.24. The first-order valence-electron chi connectivity index (χ1n) is 7.31. The summed E-state index contributed by atoms with van der Waals surface area (Å²) in [7, 11) is 0. The van der Waals surface area contributed by atoms with Gasteiger partial charge in [0.05, 0.1) is 4.47 Å². The van der Waals surface area contributed by atoms with Crippen LogP contribution >= 0.6 is 15.9 Å². The number of hydrogen-bond donors (Lipinski definition) is 2. The molecule has 118 valence electrons. The van der Waals surface area contributed by atoms with E-state index in [0.717, 1.165) is 24.0 Å². The largest absolute Gasteiger partial charge is 0.483 e. The van der Waals surface area contributed by atoms with E-state index in [0.29, 0.717) is 5.75 Å². The summed E-state index contributed by atoms with van der Waals surface area (Å²) in [5.74, 6) is 0.574. The van der Waals surface area contributed by atoms with Gasteiger partial charge in [0.15, 0.2) is 6.61 Å². The number of amides is 1. The van der Waals surface area contributed by atoms with Gasteiger partial charge in [0.2, 0.25) is 0 Å². The first kappa shape index (κ1) is 18.0. The number of rotatable bonds is 8. The summed E-state index contributed by atoms with van der Waals surface area (Å²) in [5, 5.41) is 6.21. The summed E-state index contributed by atoms with van der Waals surface area (Å²) >= 11 is 3.48. The molecule has 0 fully saturated rings. The minimum Gasteiger partial charge on any atom is -0.483 e. The zero-order valence-corrected chi connectivity index (χ0v) is 14.8. The molecule has 0 bridgehead atoms. The second-order valence-electron chi connectivity index (χ2n) is 5.62. The molecule has 0 aliphatic carbocycles. The average Bonchev–Trinajstić information content (AvgIpc) is 2.43. The second-order valence-corrected chi connectivity index (χ2v) is 6.47. The normalized spacial score (nSPS) is 11.3. The van der Waals surface area contributed by atoms with Crippen molar-refractivity contribution in [1.82, 2.24) is 10.6 Å². The quantitative estimate of drug-likeness (QED) is 0.751. The Morgan fingerprint density at radius 3 is 2.62 bits per heavy atom. The third-order valence-corrected chi connectivity index (χ3v) is 3.92. The van der Waals surface area contributed by atoms with Gasteiger partial charge in [0, 0.05) is 12.1 Å². The van der Waals surface area contributed by atoms with Gasteiger partial charge in [-0.1, -0.05) is 19.9 Å². The molecule has 0 atom stereocenters. The maximum atomic E-state index is 11.8. The molecule has 21 heavy (non-hydrogen) atoms. The van der Waals surface area contributed by atoms with Gasteiger partial charge < -0.3 is 15.4 Å². The van der Waals surface area contributed by atoms with Crippen LogP contribution in [0.25, 0.3) is 0 Å². The second kappa shape index (κ2) is 8.39. The van der Waals surface area contributed by atoms with E-state index in [2.05, 4.69) is 33.5 Å². The van der Waals surface area contributed by atoms with Gasteiger partial charge in [0.1, 0.15) is 5.75 Å². The molecule has 0 radical (unpaired) electrons. The predicted molar refractivity (Wildman–Crippen MR) is 89.5 cm³/mol. The lowest BCUT2D eigenvalue weighted by Crippen LogP contribution is -2.44. The van der Waals surface area contributed by atoms with Gasteiger partial charge in [-0.05, 0) is 60.4 Å². The monoisotopic (exact) mass is 356 g/mol. The number of benzene rings is 1. The van der Waals surface area contributed by atoms with Crippen LogP contribution < -0.4 is 15.4 Å². The fraction of sp³-hybridized carbons (Fsp3) is 0.562. The number of ether oxygens (including phenoxy) is 1. The molecule has 1 aromatic rings. The van der Waals surface area contributed by atoms with Crippen molar-refractivity contribution in [3.63, 3.8) is 0 Å². The summed E-state index contributed by atoms with van der Waals surface area (Å²) in [6.45, 7) is 9.88. The molecule has 0 aliphatic heterocycles. The van der Waals surface area contributed by atoms with Crippen molar-refractivity contribution < 1.29 is 9.53 Å². The van der Waals surface area contributed by atoms with Crippen molar-refractivity contribution in [3.8, 4) is 5.75 Å². The van der Waals surface area contributed by atoms with Crippen molar-refractivity contribution in [2.45, 2.75) is 46.2 Å². The van der Waals surface area contributed by atoms with Crippen LogP contribution in [0, 0.1) is 0 Å². The van der Waals surface area contributed by atoms with Crippen LogP contribution in [0.15, 0.2) is 22.7 Å². The van der Waals surface area contributed by atoms with Crippen molar-refractivity contribution in [2.75, 3.05) is 13.2 Å². The molecule has 2 N–H and O–H groups in total. The molecule has 4 nitrogen and oxygen atoms in total. The van der Waals surface area contributed by atoms with E-state index in [4.69, 9.17) is 4.74 Å². The number of carbonyl (C=O) groups excluding carboxylic acids is 1. The van der Waals surface area contributed by atoms with Crippen LogP contribution in [0.5, 0.6) is 5.75 Å². The molecule has 1 amide bonds.